The topological polar surface area (TPSA) is 76.7 Å². The lowest BCUT2D eigenvalue weighted by molar-refractivity contribution is -0.137. The number of halogens is 4. The molecule has 0 aliphatic carbocycles. The number of carbonyl (C=O) groups is 2. The number of para-hydroxylation sites is 1. The Bertz CT molecular complexity index is 1180. The molecule has 0 aromatic heterocycles. The van der Waals surface area contributed by atoms with E-state index in [1.165, 1.54) is 50.4 Å². The number of carbonyl (C=O) groups excluding carboxylic acids is 2. The number of hydrogen-bond donors (Lipinski definition) is 2. The van der Waals surface area contributed by atoms with Crippen LogP contribution < -0.4 is 20.1 Å². The summed E-state index contributed by atoms with van der Waals surface area (Å²) in [5.41, 5.74) is -0.527. The zero-order chi connectivity index (χ0) is 24.9. The smallest absolute Gasteiger partial charge is 0.418 e. The number of methoxy groups -OCH3 is 1. The molecule has 0 saturated carbocycles. The van der Waals surface area contributed by atoms with Crippen LogP contribution in [0.25, 0.3) is 0 Å². The number of hydrogen-bond acceptors (Lipinski definition) is 4. The Labute approximate surface area is 198 Å². The molecule has 6 nitrogen and oxygen atoms in total. The summed E-state index contributed by atoms with van der Waals surface area (Å²) >= 11 is 6.05. The number of benzene rings is 3. The summed E-state index contributed by atoms with van der Waals surface area (Å²) in [5, 5.41) is 5.28. The first-order valence-corrected chi connectivity index (χ1v) is 10.3. The summed E-state index contributed by atoms with van der Waals surface area (Å²) < 4.78 is 49.9. The maximum atomic E-state index is 13.1. The molecule has 3 rings (SSSR count). The highest BCUT2D eigenvalue weighted by Crippen LogP contribution is 2.34. The van der Waals surface area contributed by atoms with Gasteiger partial charge in [-0.3, -0.25) is 9.59 Å². The van der Waals surface area contributed by atoms with Crippen molar-refractivity contribution in [3.8, 4) is 11.5 Å². The molecule has 0 saturated heterocycles. The third-order valence-corrected chi connectivity index (χ3v) is 4.99. The second-order valence-electron chi connectivity index (χ2n) is 7.12. The lowest BCUT2D eigenvalue weighted by Gasteiger charge is -2.17. The van der Waals surface area contributed by atoms with Crippen molar-refractivity contribution in [3.63, 3.8) is 0 Å². The second-order valence-corrected chi connectivity index (χ2v) is 7.53. The van der Waals surface area contributed by atoms with Gasteiger partial charge in [0.05, 0.1) is 23.4 Å². The molecule has 3 aromatic rings. The van der Waals surface area contributed by atoms with Gasteiger partial charge >= 0.3 is 6.18 Å². The third-order valence-electron chi connectivity index (χ3n) is 4.70. The van der Waals surface area contributed by atoms with E-state index in [0.29, 0.717) is 22.0 Å². The van der Waals surface area contributed by atoms with Gasteiger partial charge in [-0.05, 0) is 61.5 Å². The number of nitrogens with one attached hydrogen (secondary N) is 2. The molecule has 0 aliphatic heterocycles. The molecule has 1 atom stereocenters. The van der Waals surface area contributed by atoms with Crippen molar-refractivity contribution in [1.82, 2.24) is 0 Å². The van der Waals surface area contributed by atoms with E-state index in [1.807, 2.05) is 0 Å². The van der Waals surface area contributed by atoms with E-state index in [0.717, 1.165) is 12.1 Å². The molecule has 1 unspecified atom stereocenters. The average Bonchev–Trinajstić information content (AvgIpc) is 2.79. The maximum Gasteiger partial charge on any atom is 0.418 e. The molecule has 10 heteroatoms. The molecule has 0 bridgehead atoms. The van der Waals surface area contributed by atoms with E-state index in [4.69, 9.17) is 21.1 Å². The van der Waals surface area contributed by atoms with Gasteiger partial charge in [-0.1, -0.05) is 23.7 Å². The summed E-state index contributed by atoms with van der Waals surface area (Å²) in [6.07, 6.45) is -5.70. The van der Waals surface area contributed by atoms with Gasteiger partial charge in [0.25, 0.3) is 11.8 Å². The van der Waals surface area contributed by atoms with Crippen molar-refractivity contribution in [2.45, 2.75) is 19.2 Å². The Morgan fingerprint density at radius 1 is 0.971 bits per heavy atom. The Balaban J connectivity index is 1.61. The SMILES string of the molecule is COc1ccc(NC(=O)c2ccc(OC(C)C(=O)Nc3ccccc3C(F)(F)F)cc2)cc1Cl. The van der Waals surface area contributed by atoms with Crippen molar-refractivity contribution in [2.75, 3.05) is 17.7 Å². The van der Waals surface area contributed by atoms with Gasteiger partial charge in [-0.2, -0.15) is 13.2 Å². The molecule has 3 aromatic carbocycles. The molecule has 0 aliphatic rings. The predicted molar refractivity (Wildman–Crippen MR) is 123 cm³/mol. The fourth-order valence-electron chi connectivity index (χ4n) is 2.96. The highest BCUT2D eigenvalue weighted by Gasteiger charge is 2.34. The van der Waals surface area contributed by atoms with Crippen LogP contribution in [0.5, 0.6) is 11.5 Å². The first-order chi connectivity index (χ1) is 16.1. The summed E-state index contributed by atoms with van der Waals surface area (Å²) in [7, 11) is 1.48. The average molecular weight is 493 g/mol. The minimum atomic E-state index is -4.61. The van der Waals surface area contributed by atoms with Crippen LogP contribution in [0.2, 0.25) is 5.02 Å². The second kappa shape index (κ2) is 10.5. The van der Waals surface area contributed by atoms with E-state index in [1.54, 1.807) is 18.2 Å². The molecule has 0 fully saturated rings. The van der Waals surface area contributed by atoms with E-state index in [2.05, 4.69) is 10.6 Å². The van der Waals surface area contributed by atoms with Crippen LogP contribution in [0, 0.1) is 0 Å². The third kappa shape index (κ3) is 6.20. The normalized spacial score (nSPS) is 11.9. The van der Waals surface area contributed by atoms with E-state index in [-0.39, 0.29) is 11.4 Å². The van der Waals surface area contributed by atoms with Crippen LogP contribution in [0.1, 0.15) is 22.8 Å². The van der Waals surface area contributed by atoms with Crippen molar-refractivity contribution in [2.24, 2.45) is 0 Å². The zero-order valence-electron chi connectivity index (χ0n) is 18.1. The van der Waals surface area contributed by atoms with Crippen LogP contribution in [0.15, 0.2) is 66.7 Å². The number of rotatable bonds is 7. The molecule has 0 radical (unpaired) electrons. The largest absolute Gasteiger partial charge is 0.495 e. The lowest BCUT2D eigenvalue weighted by atomic mass is 10.1. The maximum absolute atomic E-state index is 13.1. The van der Waals surface area contributed by atoms with Crippen LogP contribution in [0.4, 0.5) is 24.5 Å². The van der Waals surface area contributed by atoms with Gasteiger partial charge < -0.3 is 20.1 Å². The molecule has 0 heterocycles. The van der Waals surface area contributed by atoms with Gasteiger partial charge in [0.1, 0.15) is 11.5 Å². The molecule has 0 spiro atoms. The van der Waals surface area contributed by atoms with Crippen molar-refractivity contribution < 1.29 is 32.2 Å². The molecule has 178 valence electrons. The fraction of sp³-hybridized carbons (Fsp3) is 0.167. The van der Waals surface area contributed by atoms with Crippen LogP contribution >= 0.6 is 11.6 Å². The number of anilines is 2. The van der Waals surface area contributed by atoms with Crippen LogP contribution in [0.3, 0.4) is 0 Å². The highest BCUT2D eigenvalue weighted by atomic mass is 35.5. The predicted octanol–water partition coefficient (Wildman–Crippen LogP) is 6.03. The van der Waals surface area contributed by atoms with Crippen molar-refractivity contribution >= 4 is 34.8 Å². The summed E-state index contributed by atoms with van der Waals surface area (Å²) in [5.74, 6) is -0.422. The molecular formula is C24H20ClF3N2O4. The number of alkyl halides is 3. The number of amides is 2. The minimum Gasteiger partial charge on any atom is -0.495 e. The van der Waals surface area contributed by atoms with E-state index >= 15 is 0 Å². The first kappa shape index (κ1) is 24.9. The molecular weight excluding hydrogens is 473 g/mol. The first-order valence-electron chi connectivity index (χ1n) is 9.97. The van der Waals surface area contributed by atoms with Gasteiger partial charge in [0.15, 0.2) is 6.10 Å². The Hall–Kier alpha value is -3.72. The fourth-order valence-corrected chi connectivity index (χ4v) is 3.22. The van der Waals surface area contributed by atoms with Gasteiger partial charge in [0.2, 0.25) is 0 Å². The quantitative estimate of drug-likeness (QED) is 0.422. The minimum absolute atomic E-state index is 0.260. The zero-order valence-corrected chi connectivity index (χ0v) is 18.8. The number of ether oxygens (including phenoxy) is 2. The summed E-state index contributed by atoms with van der Waals surface area (Å²) in [4.78, 5) is 24.8. The Morgan fingerprint density at radius 3 is 2.26 bits per heavy atom. The standard InChI is InChI=1S/C24H20ClF3N2O4/c1-14(22(31)30-20-6-4-3-5-18(20)24(26,27)28)34-17-10-7-15(8-11-17)23(32)29-16-9-12-21(33-2)19(25)13-16/h3-14H,1-2H3,(H,29,32)(H,30,31). The molecule has 34 heavy (non-hydrogen) atoms. The van der Waals surface area contributed by atoms with Crippen LogP contribution in [-0.4, -0.2) is 25.0 Å². The lowest BCUT2D eigenvalue weighted by Crippen LogP contribution is -2.31. The van der Waals surface area contributed by atoms with E-state index < -0.39 is 29.7 Å². The van der Waals surface area contributed by atoms with E-state index in [9.17, 15) is 22.8 Å². The Morgan fingerprint density at radius 2 is 1.65 bits per heavy atom. The van der Waals surface area contributed by atoms with Crippen molar-refractivity contribution in [3.05, 3.63) is 82.9 Å². The van der Waals surface area contributed by atoms with Gasteiger partial charge in [-0.15, -0.1) is 0 Å². The van der Waals surface area contributed by atoms with Gasteiger partial charge in [0, 0.05) is 11.3 Å². The summed E-state index contributed by atoms with van der Waals surface area (Å²) in [6, 6.07) is 15.4. The molecule has 2 N–H and O–H groups in total. The Kier molecular flexibility index (Phi) is 7.68. The van der Waals surface area contributed by atoms with Gasteiger partial charge in [-0.25, -0.2) is 0 Å². The highest BCUT2D eigenvalue weighted by molar-refractivity contribution is 6.32. The summed E-state index contributed by atoms with van der Waals surface area (Å²) in [6.45, 7) is 1.40. The molecule has 2 amide bonds. The van der Waals surface area contributed by atoms with Crippen LogP contribution in [-0.2, 0) is 11.0 Å². The monoisotopic (exact) mass is 492 g/mol. The van der Waals surface area contributed by atoms with Crippen molar-refractivity contribution in [1.29, 1.82) is 0 Å².